The largest absolute Gasteiger partial charge is 0.345 e. The van der Waals surface area contributed by atoms with Crippen LogP contribution >= 0.6 is 27.5 Å². The molecule has 0 unspecified atom stereocenters. The summed E-state index contributed by atoms with van der Waals surface area (Å²) in [6, 6.07) is 6.09. The lowest BCUT2D eigenvalue weighted by atomic mass is 10.2. The van der Waals surface area contributed by atoms with E-state index in [1.165, 1.54) is 5.39 Å². The number of benzene rings is 1. The first kappa shape index (κ1) is 8.14. The number of aromatic nitrogens is 1. The van der Waals surface area contributed by atoms with E-state index in [9.17, 15) is 0 Å². The molecular weight excluding hydrogens is 237 g/mol. The molecule has 12 heavy (non-hydrogen) atoms. The molecule has 0 aliphatic rings. The second-order valence-electron chi connectivity index (χ2n) is 2.75. The van der Waals surface area contributed by atoms with Crippen LogP contribution in [0, 0.1) is 6.92 Å². The zero-order valence-corrected chi connectivity index (χ0v) is 8.83. The summed E-state index contributed by atoms with van der Waals surface area (Å²) in [7, 11) is 0. The Morgan fingerprint density at radius 1 is 1.42 bits per heavy atom. The molecule has 0 fully saturated rings. The molecule has 0 spiro atoms. The molecule has 0 atom stereocenters. The molecule has 0 saturated heterocycles. The third-order valence-electron chi connectivity index (χ3n) is 1.96. The number of nitrogens with one attached hydrogen (secondary N) is 1. The Hall–Kier alpha value is -0.470. The van der Waals surface area contributed by atoms with Crippen molar-refractivity contribution < 1.29 is 0 Å². The lowest BCUT2D eigenvalue weighted by molar-refractivity contribution is 1.42. The number of hydrogen-bond donors (Lipinski definition) is 1. The van der Waals surface area contributed by atoms with Gasteiger partial charge in [-0.15, -0.1) is 0 Å². The summed E-state index contributed by atoms with van der Waals surface area (Å²) in [6.07, 6.45) is 0. The van der Waals surface area contributed by atoms with E-state index in [1.54, 1.807) is 0 Å². The number of halogens is 2. The van der Waals surface area contributed by atoms with Gasteiger partial charge >= 0.3 is 0 Å². The fourth-order valence-corrected chi connectivity index (χ4v) is 1.84. The summed E-state index contributed by atoms with van der Waals surface area (Å²) >= 11 is 9.34. The Balaban J connectivity index is 2.87. The molecule has 1 heterocycles. The van der Waals surface area contributed by atoms with Crippen LogP contribution in [-0.2, 0) is 0 Å². The number of aromatic amines is 1. The number of H-pyrrole nitrogens is 1. The molecule has 0 aliphatic heterocycles. The maximum atomic E-state index is 5.93. The smallest absolute Gasteiger partial charge is 0.110 e. The van der Waals surface area contributed by atoms with Crippen molar-refractivity contribution in [3.05, 3.63) is 33.4 Å². The first-order chi connectivity index (χ1) is 5.68. The van der Waals surface area contributed by atoms with E-state index in [2.05, 4.69) is 27.0 Å². The lowest BCUT2D eigenvalue weighted by Crippen LogP contribution is -1.68. The fourth-order valence-electron chi connectivity index (χ4n) is 1.28. The van der Waals surface area contributed by atoms with Crippen molar-refractivity contribution in [2.45, 2.75) is 6.92 Å². The van der Waals surface area contributed by atoms with Gasteiger partial charge in [-0.25, -0.2) is 0 Å². The predicted octanol–water partition coefficient (Wildman–Crippen LogP) is 3.89. The van der Waals surface area contributed by atoms with Crippen molar-refractivity contribution in [3.8, 4) is 0 Å². The monoisotopic (exact) mass is 243 g/mol. The molecule has 0 bridgehead atoms. The molecule has 1 nitrogen and oxygen atoms in total. The van der Waals surface area contributed by atoms with Gasteiger partial charge in [-0.1, -0.05) is 33.6 Å². The van der Waals surface area contributed by atoms with E-state index in [4.69, 9.17) is 11.6 Å². The van der Waals surface area contributed by atoms with E-state index in [1.807, 2.05) is 19.1 Å². The molecule has 62 valence electrons. The van der Waals surface area contributed by atoms with E-state index in [0.717, 1.165) is 20.7 Å². The van der Waals surface area contributed by atoms with Crippen molar-refractivity contribution in [2.75, 3.05) is 0 Å². The van der Waals surface area contributed by atoms with Crippen LogP contribution in [0.1, 0.15) is 5.56 Å². The Labute approximate surface area is 83.9 Å². The van der Waals surface area contributed by atoms with Crippen molar-refractivity contribution in [1.82, 2.24) is 4.98 Å². The van der Waals surface area contributed by atoms with Crippen LogP contribution in [0.4, 0.5) is 0 Å². The standard InChI is InChI=1S/C9H7BrClN/c1-5-7-3-2-6(10)4-8(7)12-9(5)11/h2-4,12H,1H3. The Bertz CT molecular complexity index is 433. The van der Waals surface area contributed by atoms with Gasteiger partial charge in [-0.05, 0) is 24.6 Å². The summed E-state index contributed by atoms with van der Waals surface area (Å²) < 4.78 is 1.06. The van der Waals surface area contributed by atoms with E-state index in [0.29, 0.717) is 0 Å². The topological polar surface area (TPSA) is 15.8 Å². The number of rotatable bonds is 0. The van der Waals surface area contributed by atoms with Crippen LogP contribution in [0.15, 0.2) is 22.7 Å². The summed E-state index contributed by atoms with van der Waals surface area (Å²) in [5.74, 6) is 0. The number of aryl methyl sites for hydroxylation is 1. The highest BCUT2D eigenvalue weighted by Crippen LogP contribution is 2.27. The van der Waals surface area contributed by atoms with Crippen molar-refractivity contribution >= 4 is 38.4 Å². The number of fused-ring (bicyclic) bond motifs is 1. The molecule has 0 saturated carbocycles. The maximum absolute atomic E-state index is 5.93. The van der Waals surface area contributed by atoms with Crippen molar-refractivity contribution in [1.29, 1.82) is 0 Å². The average molecular weight is 245 g/mol. The molecule has 1 N–H and O–H groups in total. The molecule has 0 aliphatic carbocycles. The molecule has 2 aromatic rings. The Kier molecular flexibility index (Phi) is 1.89. The van der Waals surface area contributed by atoms with Gasteiger partial charge in [0.1, 0.15) is 5.15 Å². The molecule has 0 amide bonds. The molecule has 1 aromatic carbocycles. The van der Waals surface area contributed by atoms with Crippen LogP contribution in [0.2, 0.25) is 5.15 Å². The average Bonchev–Trinajstić information content (AvgIpc) is 2.28. The molecule has 3 heteroatoms. The minimum Gasteiger partial charge on any atom is -0.345 e. The third kappa shape index (κ3) is 1.15. The molecule has 2 rings (SSSR count). The van der Waals surface area contributed by atoms with E-state index < -0.39 is 0 Å². The van der Waals surface area contributed by atoms with Gasteiger partial charge in [0, 0.05) is 15.4 Å². The normalized spacial score (nSPS) is 10.9. The van der Waals surface area contributed by atoms with Crippen LogP contribution < -0.4 is 0 Å². The second kappa shape index (κ2) is 2.79. The minimum atomic E-state index is 0.725. The first-order valence-corrected chi connectivity index (χ1v) is 4.79. The highest BCUT2D eigenvalue weighted by Gasteiger charge is 2.04. The molecular formula is C9H7BrClN. The SMILES string of the molecule is Cc1c(Cl)[nH]c2cc(Br)ccc12. The quantitative estimate of drug-likeness (QED) is 0.724. The summed E-state index contributed by atoms with van der Waals surface area (Å²) in [5, 5.41) is 1.91. The summed E-state index contributed by atoms with van der Waals surface area (Å²) in [5.41, 5.74) is 2.19. The zero-order chi connectivity index (χ0) is 8.72. The van der Waals surface area contributed by atoms with Gasteiger partial charge in [0.2, 0.25) is 0 Å². The molecule has 1 aromatic heterocycles. The maximum Gasteiger partial charge on any atom is 0.110 e. The zero-order valence-electron chi connectivity index (χ0n) is 6.49. The van der Waals surface area contributed by atoms with Crippen LogP contribution in [0.5, 0.6) is 0 Å². The van der Waals surface area contributed by atoms with Crippen LogP contribution in [0.25, 0.3) is 10.9 Å². The van der Waals surface area contributed by atoms with E-state index in [-0.39, 0.29) is 0 Å². The fraction of sp³-hybridized carbons (Fsp3) is 0.111. The second-order valence-corrected chi connectivity index (χ2v) is 4.05. The van der Waals surface area contributed by atoms with Crippen LogP contribution in [0.3, 0.4) is 0 Å². The van der Waals surface area contributed by atoms with Crippen molar-refractivity contribution in [3.63, 3.8) is 0 Å². The number of hydrogen-bond acceptors (Lipinski definition) is 0. The van der Waals surface area contributed by atoms with Gasteiger partial charge in [0.25, 0.3) is 0 Å². The minimum absolute atomic E-state index is 0.725. The third-order valence-corrected chi connectivity index (χ3v) is 2.83. The Morgan fingerprint density at radius 3 is 2.92 bits per heavy atom. The summed E-state index contributed by atoms with van der Waals surface area (Å²) in [6.45, 7) is 2.01. The lowest BCUT2D eigenvalue weighted by Gasteiger charge is -1.91. The highest BCUT2D eigenvalue weighted by molar-refractivity contribution is 9.10. The highest BCUT2D eigenvalue weighted by atomic mass is 79.9. The summed E-state index contributed by atoms with van der Waals surface area (Å²) in [4.78, 5) is 3.10. The van der Waals surface area contributed by atoms with Crippen molar-refractivity contribution in [2.24, 2.45) is 0 Å². The first-order valence-electron chi connectivity index (χ1n) is 3.62. The van der Waals surface area contributed by atoms with Gasteiger partial charge in [0.05, 0.1) is 0 Å². The Morgan fingerprint density at radius 2 is 2.17 bits per heavy atom. The van der Waals surface area contributed by atoms with Gasteiger partial charge < -0.3 is 4.98 Å². The molecule has 0 radical (unpaired) electrons. The van der Waals surface area contributed by atoms with Gasteiger partial charge in [-0.3, -0.25) is 0 Å². The van der Waals surface area contributed by atoms with Crippen LogP contribution in [-0.4, -0.2) is 4.98 Å². The van der Waals surface area contributed by atoms with E-state index >= 15 is 0 Å². The predicted molar refractivity (Wildman–Crippen MR) is 55.7 cm³/mol. The van der Waals surface area contributed by atoms with Gasteiger partial charge in [-0.2, -0.15) is 0 Å². The van der Waals surface area contributed by atoms with Gasteiger partial charge in [0.15, 0.2) is 0 Å².